The topological polar surface area (TPSA) is 148 Å². The molecule has 202 valence electrons. The third-order valence-corrected chi connectivity index (χ3v) is 5.81. The molecule has 0 aliphatic rings. The molecule has 38 heavy (non-hydrogen) atoms. The quantitative estimate of drug-likeness (QED) is 0.119. The Kier molecular flexibility index (Phi) is 11.7. The van der Waals surface area contributed by atoms with Crippen molar-refractivity contribution in [3.05, 3.63) is 63.3 Å². The highest BCUT2D eigenvalue weighted by atomic mass is 35.5. The molecule has 0 unspecified atom stereocenters. The van der Waals surface area contributed by atoms with E-state index in [0.29, 0.717) is 48.0 Å². The number of rotatable bonds is 14. The number of methoxy groups -OCH3 is 3. The van der Waals surface area contributed by atoms with Crippen molar-refractivity contribution in [1.82, 2.24) is 25.9 Å². The maximum atomic E-state index is 11.9. The van der Waals surface area contributed by atoms with Crippen molar-refractivity contribution < 1.29 is 23.8 Å². The number of ether oxygens (including phenoxy) is 3. The Labute approximate surface area is 230 Å². The van der Waals surface area contributed by atoms with Gasteiger partial charge in [0.25, 0.3) is 0 Å². The van der Waals surface area contributed by atoms with Crippen LogP contribution in [0.15, 0.2) is 30.6 Å². The Hall–Kier alpha value is -3.93. The molecular weight excluding hydrogens is 535 g/mol. The van der Waals surface area contributed by atoms with Crippen LogP contribution < -0.4 is 25.4 Å². The average Bonchev–Trinajstić information content (AvgIpc) is 2.91. The van der Waals surface area contributed by atoms with Gasteiger partial charge in [0.1, 0.15) is 17.2 Å². The minimum Gasteiger partial charge on any atom is -0.495 e. The largest absolute Gasteiger partial charge is 0.495 e. The van der Waals surface area contributed by atoms with Gasteiger partial charge in [0.2, 0.25) is 12.3 Å². The number of aryl methyl sites for hydroxylation is 1. The molecule has 2 aromatic rings. The van der Waals surface area contributed by atoms with E-state index in [1.165, 1.54) is 26.5 Å². The molecule has 1 heterocycles. The predicted octanol–water partition coefficient (Wildman–Crippen LogP) is 3.21. The summed E-state index contributed by atoms with van der Waals surface area (Å²) in [6, 6.07) is 1.53. The minimum atomic E-state index is -0.502. The molecule has 11 nitrogen and oxygen atoms in total. The number of carbonyl (C=O) groups excluding carboxylic acids is 2. The number of aromatic nitrogens is 2. The Morgan fingerprint density at radius 2 is 1.84 bits per heavy atom. The van der Waals surface area contributed by atoms with Crippen molar-refractivity contribution in [3.63, 3.8) is 0 Å². The van der Waals surface area contributed by atoms with E-state index in [1.807, 2.05) is 0 Å². The fourth-order valence-electron chi connectivity index (χ4n) is 3.19. The van der Waals surface area contributed by atoms with E-state index in [-0.39, 0.29) is 32.8 Å². The first-order valence-corrected chi connectivity index (χ1v) is 11.8. The van der Waals surface area contributed by atoms with E-state index in [1.54, 1.807) is 20.1 Å². The van der Waals surface area contributed by atoms with Gasteiger partial charge < -0.3 is 35.6 Å². The van der Waals surface area contributed by atoms with Gasteiger partial charge in [-0.3, -0.25) is 9.59 Å². The first-order chi connectivity index (χ1) is 18.3. The fraction of sp³-hybridized carbons (Fsp3) is 0.240. The summed E-state index contributed by atoms with van der Waals surface area (Å²) in [6.45, 7) is 5.87. The van der Waals surface area contributed by atoms with Crippen LogP contribution in [-0.2, 0) is 14.3 Å². The van der Waals surface area contributed by atoms with E-state index in [2.05, 4.69) is 32.5 Å². The van der Waals surface area contributed by atoms with Crippen molar-refractivity contribution in [2.75, 3.05) is 34.5 Å². The summed E-state index contributed by atoms with van der Waals surface area (Å²) in [5, 5.41) is 16.3. The highest BCUT2D eigenvalue weighted by Gasteiger charge is 2.21. The summed E-state index contributed by atoms with van der Waals surface area (Å²) in [4.78, 5) is 32.3. The van der Waals surface area contributed by atoms with Gasteiger partial charge in [0, 0.05) is 49.0 Å². The highest BCUT2D eigenvalue weighted by Crippen LogP contribution is 2.43. The fourth-order valence-corrected chi connectivity index (χ4v) is 3.90. The SMILES string of the molecule is C=CC(=O)N/C(C=N)=C(/NCCOC)c1ncc(/C=C(\NC=O)c2c(Cl)c(OC)cc(OC)c2Cl)c(C)n1. The van der Waals surface area contributed by atoms with Crippen molar-refractivity contribution in [2.45, 2.75) is 6.92 Å². The summed E-state index contributed by atoms with van der Waals surface area (Å²) in [7, 11) is 4.43. The van der Waals surface area contributed by atoms with Gasteiger partial charge in [-0.05, 0) is 19.1 Å². The van der Waals surface area contributed by atoms with Crippen LogP contribution in [0.3, 0.4) is 0 Å². The van der Waals surface area contributed by atoms with Gasteiger partial charge in [-0.15, -0.1) is 0 Å². The van der Waals surface area contributed by atoms with E-state index < -0.39 is 5.91 Å². The predicted molar refractivity (Wildman–Crippen MR) is 147 cm³/mol. The number of halogens is 2. The maximum Gasteiger partial charge on any atom is 0.247 e. The van der Waals surface area contributed by atoms with Crippen LogP contribution in [0.4, 0.5) is 0 Å². The summed E-state index contributed by atoms with van der Waals surface area (Å²) < 4.78 is 15.7. The molecule has 1 aromatic carbocycles. The molecule has 2 rings (SSSR count). The second-order valence-electron chi connectivity index (χ2n) is 7.38. The first kappa shape index (κ1) is 30.3. The zero-order valence-electron chi connectivity index (χ0n) is 21.3. The number of nitrogens with zero attached hydrogens (tertiary/aromatic N) is 2. The zero-order chi connectivity index (χ0) is 28.2. The number of benzene rings is 1. The normalized spacial score (nSPS) is 11.7. The lowest BCUT2D eigenvalue weighted by Gasteiger charge is -2.17. The molecule has 0 bridgehead atoms. The van der Waals surface area contributed by atoms with Crippen molar-refractivity contribution >= 4 is 59.2 Å². The number of amides is 2. The molecule has 13 heteroatoms. The second kappa shape index (κ2) is 14.7. The lowest BCUT2D eigenvalue weighted by atomic mass is 10.1. The standard InChI is InChI=1S/C25H28Cl2N6O5/c1-6-20(35)33-17(11-28)24(29-7-8-36-3)25-30-12-15(14(2)32-25)9-16(31-13-34)21-22(26)18(37-4)10-19(38-5)23(21)27/h6,9-13,28-29H,1,7-8H2,2-5H3,(H,31,34)(H,33,35)/b16-9-,24-17+,28-11?. The Morgan fingerprint density at radius 1 is 1.18 bits per heavy atom. The van der Waals surface area contributed by atoms with Gasteiger partial charge >= 0.3 is 0 Å². The molecule has 2 amide bonds. The summed E-state index contributed by atoms with van der Waals surface area (Å²) in [5.41, 5.74) is 2.00. The van der Waals surface area contributed by atoms with E-state index >= 15 is 0 Å². The number of carbonyl (C=O) groups is 2. The minimum absolute atomic E-state index is 0.138. The van der Waals surface area contributed by atoms with E-state index in [9.17, 15) is 9.59 Å². The van der Waals surface area contributed by atoms with Crippen LogP contribution in [0.5, 0.6) is 11.5 Å². The maximum absolute atomic E-state index is 11.9. The van der Waals surface area contributed by atoms with E-state index in [4.69, 9.17) is 42.8 Å². The van der Waals surface area contributed by atoms with E-state index in [0.717, 1.165) is 12.3 Å². The average molecular weight is 563 g/mol. The van der Waals surface area contributed by atoms with Gasteiger partial charge in [-0.25, -0.2) is 9.97 Å². The number of nitrogens with one attached hydrogen (secondary N) is 4. The van der Waals surface area contributed by atoms with Crippen molar-refractivity contribution in [1.29, 1.82) is 5.41 Å². The van der Waals surface area contributed by atoms with Gasteiger partial charge in [0.05, 0.1) is 42.3 Å². The van der Waals surface area contributed by atoms with Crippen LogP contribution in [0.1, 0.15) is 22.6 Å². The lowest BCUT2D eigenvalue weighted by molar-refractivity contribution is -0.115. The Balaban J connectivity index is 2.67. The smallest absolute Gasteiger partial charge is 0.247 e. The number of allylic oxidation sites excluding steroid dienone is 1. The summed E-state index contributed by atoms with van der Waals surface area (Å²) >= 11 is 13.1. The molecular formula is C25H28Cl2N6O5. The highest BCUT2D eigenvalue weighted by molar-refractivity contribution is 6.39. The molecule has 0 radical (unpaired) electrons. The van der Waals surface area contributed by atoms with Gasteiger partial charge in [-0.1, -0.05) is 29.8 Å². The summed E-state index contributed by atoms with van der Waals surface area (Å²) in [6.07, 6.45) is 5.64. The molecule has 0 saturated carbocycles. The Bertz CT molecular complexity index is 1250. The molecule has 0 atom stereocenters. The van der Waals surface area contributed by atoms with Crippen LogP contribution in [-0.4, -0.2) is 63.0 Å². The molecule has 4 N–H and O–H groups in total. The van der Waals surface area contributed by atoms with Gasteiger partial charge in [-0.2, -0.15) is 0 Å². The van der Waals surface area contributed by atoms with Crippen LogP contribution in [0, 0.1) is 12.3 Å². The number of hydrogen-bond acceptors (Lipinski definition) is 9. The zero-order valence-corrected chi connectivity index (χ0v) is 22.8. The monoisotopic (exact) mass is 562 g/mol. The third kappa shape index (κ3) is 7.31. The molecule has 1 aromatic heterocycles. The van der Waals surface area contributed by atoms with Gasteiger partial charge in [0.15, 0.2) is 5.82 Å². The lowest BCUT2D eigenvalue weighted by Crippen LogP contribution is -2.28. The van der Waals surface area contributed by atoms with Crippen LogP contribution in [0.2, 0.25) is 10.0 Å². The number of hydrogen-bond donors (Lipinski definition) is 4. The molecule has 0 fully saturated rings. The first-order valence-electron chi connectivity index (χ1n) is 11.0. The molecule has 0 saturated heterocycles. The van der Waals surface area contributed by atoms with Crippen molar-refractivity contribution in [2.24, 2.45) is 0 Å². The summed E-state index contributed by atoms with van der Waals surface area (Å²) in [5.74, 6) is 0.297. The third-order valence-electron chi connectivity index (χ3n) is 5.06. The molecule has 0 aliphatic carbocycles. The second-order valence-corrected chi connectivity index (χ2v) is 8.14. The Morgan fingerprint density at radius 3 is 2.34 bits per heavy atom. The van der Waals surface area contributed by atoms with Crippen LogP contribution in [0.25, 0.3) is 17.5 Å². The molecule has 0 aliphatic heterocycles. The van der Waals surface area contributed by atoms with Crippen molar-refractivity contribution in [3.8, 4) is 11.5 Å². The molecule has 0 spiro atoms. The van der Waals surface area contributed by atoms with Crippen LogP contribution >= 0.6 is 23.2 Å².